The molecule has 0 amide bonds. The van der Waals surface area contributed by atoms with Gasteiger partial charge in [0, 0.05) is 48.2 Å². The Bertz CT molecular complexity index is 1440. The summed E-state index contributed by atoms with van der Waals surface area (Å²) in [6.45, 7) is 3.09. The summed E-state index contributed by atoms with van der Waals surface area (Å²) >= 11 is 0. The fraction of sp³-hybridized carbons (Fsp3) is 0.240. The average Bonchev–Trinajstić information content (AvgIpc) is 2.82. The number of benzene rings is 2. The van der Waals surface area contributed by atoms with Gasteiger partial charge in [0.15, 0.2) is 0 Å². The zero-order valence-corrected chi connectivity index (χ0v) is 19.2. The summed E-state index contributed by atoms with van der Waals surface area (Å²) in [6.07, 6.45) is 1.22. The summed E-state index contributed by atoms with van der Waals surface area (Å²) in [4.78, 5) is 18.7. The number of aromatic amines is 1. The second kappa shape index (κ2) is 8.56. The van der Waals surface area contributed by atoms with E-state index in [-0.39, 0.29) is 5.56 Å². The average molecular weight is 462 g/mol. The second-order valence-corrected chi connectivity index (χ2v) is 11.6. The molecule has 5 rings (SSSR count). The van der Waals surface area contributed by atoms with E-state index < -0.39 is 13.0 Å². The minimum atomic E-state index is -2.88. The predicted molar refractivity (Wildman–Crippen MR) is 130 cm³/mol. The first-order chi connectivity index (χ1) is 15.9. The number of nitrogens with one attached hydrogen (secondary N) is 1. The van der Waals surface area contributed by atoms with Crippen LogP contribution in [0.2, 0.25) is 0 Å². The number of hydrogen-bond acceptors (Lipinski definition) is 5. The molecule has 2 aromatic heterocycles. The second-order valence-electron chi connectivity index (χ2n) is 8.47. The maximum absolute atomic E-state index is 14.9. The van der Waals surface area contributed by atoms with Gasteiger partial charge in [0.25, 0.3) is 5.56 Å². The normalized spacial score (nSPS) is 15.6. The Morgan fingerprint density at radius 3 is 2.55 bits per heavy atom. The summed E-state index contributed by atoms with van der Waals surface area (Å²) in [7, 11) is -2.88. The lowest BCUT2D eigenvalue weighted by Gasteiger charge is -2.33. The van der Waals surface area contributed by atoms with E-state index in [2.05, 4.69) is 20.1 Å². The van der Waals surface area contributed by atoms with Crippen LogP contribution in [0.5, 0.6) is 0 Å². The van der Waals surface area contributed by atoms with E-state index in [0.29, 0.717) is 48.2 Å². The molecule has 6 nitrogen and oxygen atoms in total. The van der Waals surface area contributed by atoms with Crippen LogP contribution in [0.25, 0.3) is 10.8 Å². The smallest absolute Gasteiger partial charge is 0.272 e. The maximum Gasteiger partial charge on any atom is 0.272 e. The molecule has 0 bridgehead atoms. The van der Waals surface area contributed by atoms with Crippen molar-refractivity contribution in [1.82, 2.24) is 15.2 Å². The van der Waals surface area contributed by atoms with Crippen LogP contribution in [0.15, 0.2) is 65.5 Å². The largest absolute Gasteiger partial charge is 0.356 e. The van der Waals surface area contributed by atoms with Gasteiger partial charge in [0.1, 0.15) is 18.8 Å². The summed E-state index contributed by atoms with van der Waals surface area (Å²) in [5.41, 5.74) is 2.20. The number of pyridine rings is 1. The zero-order chi connectivity index (χ0) is 23.0. The number of anilines is 1. The lowest BCUT2D eigenvalue weighted by Crippen LogP contribution is -2.38. The summed E-state index contributed by atoms with van der Waals surface area (Å²) in [5.74, 6) is 0.440. The Labute approximate surface area is 190 Å². The molecule has 4 aromatic rings. The molecule has 1 N–H and O–H groups in total. The SMILES string of the molecule is Cc1cccc(N2CCP(=O)(c3cc(Cc4n[nH]c(=O)c5ccccc45)ccc3F)CC2)n1. The van der Waals surface area contributed by atoms with Gasteiger partial charge in [-0.1, -0.05) is 30.3 Å². The molecule has 33 heavy (non-hydrogen) atoms. The fourth-order valence-electron chi connectivity index (χ4n) is 4.44. The molecular formula is C25H24FN4O2P. The molecule has 0 spiro atoms. The number of fused-ring (bicyclic) bond motifs is 1. The molecule has 1 fully saturated rings. The van der Waals surface area contributed by atoms with E-state index in [1.165, 1.54) is 6.07 Å². The highest BCUT2D eigenvalue weighted by atomic mass is 31.2. The molecule has 8 heteroatoms. The minimum Gasteiger partial charge on any atom is -0.356 e. The Kier molecular flexibility index (Phi) is 5.59. The van der Waals surface area contributed by atoms with Gasteiger partial charge >= 0.3 is 0 Å². The Morgan fingerprint density at radius 2 is 1.79 bits per heavy atom. The molecule has 1 saturated heterocycles. The lowest BCUT2D eigenvalue weighted by atomic mass is 10.0. The van der Waals surface area contributed by atoms with Crippen LogP contribution in [-0.2, 0) is 11.0 Å². The number of hydrogen-bond donors (Lipinski definition) is 1. The third kappa shape index (κ3) is 4.21. The van der Waals surface area contributed by atoms with E-state index in [4.69, 9.17) is 0 Å². The molecule has 0 aliphatic carbocycles. The molecule has 0 radical (unpaired) electrons. The van der Waals surface area contributed by atoms with Gasteiger partial charge in [-0.15, -0.1) is 0 Å². The molecule has 0 unspecified atom stereocenters. The summed E-state index contributed by atoms with van der Waals surface area (Å²) in [6, 6.07) is 17.9. The first-order valence-electron chi connectivity index (χ1n) is 10.9. The Balaban J connectivity index is 1.41. The number of halogens is 1. The molecule has 168 valence electrons. The van der Waals surface area contributed by atoms with E-state index in [1.807, 2.05) is 43.3 Å². The molecule has 2 aromatic carbocycles. The minimum absolute atomic E-state index is 0.242. The highest BCUT2D eigenvalue weighted by Gasteiger charge is 2.33. The van der Waals surface area contributed by atoms with Crippen molar-refractivity contribution in [2.45, 2.75) is 13.3 Å². The quantitative estimate of drug-likeness (QED) is 0.466. The van der Waals surface area contributed by atoms with Crippen LogP contribution in [-0.4, -0.2) is 40.6 Å². The number of rotatable bonds is 4. The molecule has 0 saturated carbocycles. The van der Waals surface area contributed by atoms with Crippen molar-refractivity contribution in [1.29, 1.82) is 0 Å². The van der Waals surface area contributed by atoms with Crippen molar-refractivity contribution in [2.75, 3.05) is 30.3 Å². The summed E-state index contributed by atoms with van der Waals surface area (Å²) < 4.78 is 28.7. The number of aromatic nitrogens is 3. The highest BCUT2D eigenvalue weighted by molar-refractivity contribution is 7.71. The van der Waals surface area contributed by atoms with E-state index in [1.54, 1.807) is 18.2 Å². The van der Waals surface area contributed by atoms with Crippen LogP contribution in [0.1, 0.15) is 17.0 Å². The van der Waals surface area contributed by atoms with Crippen molar-refractivity contribution < 1.29 is 8.96 Å². The van der Waals surface area contributed by atoms with Crippen LogP contribution >= 0.6 is 7.14 Å². The number of aryl methyl sites for hydroxylation is 1. The molecule has 0 atom stereocenters. The van der Waals surface area contributed by atoms with Gasteiger partial charge in [-0.25, -0.2) is 14.5 Å². The van der Waals surface area contributed by atoms with Gasteiger partial charge in [0.2, 0.25) is 0 Å². The van der Waals surface area contributed by atoms with Gasteiger partial charge in [-0.05, 0) is 42.8 Å². The van der Waals surface area contributed by atoms with Crippen LogP contribution < -0.4 is 15.8 Å². The molecule has 1 aliphatic heterocycles. The van der Waals surface area contributed by atoms with Crippen molar-refractivity contribution in [2.24, 2.45) is 0 Å². The topological polar surface area (TPSA) is 79.0 Å². The number of nitrogens with zero attached hydrogens (tertiary/aromatic N) is 3. The van der Waals surface area contributed by atoms with Crippen molar-refractivity contribution in [3.05, 3.63) is 93.8 Å². The van der Waals surface area contributed by atoms with E-state index >= 15 is 0 Å². The van der Waals surface area contributed by atoms with Crippen LogP contribution in [0, 0.1) is 12.7 Å². The summed E-state index contributed by atoms with van der Waals surface area (Å²) in [5, 5.41) is 8.40. The first-order valence-corrected chi connectivity index (χ1v) is 13.0. The van der Waals surface area contributed by atoms with Crippen molar-refractivity contribution in [3.8, 4) is 0 Å². The van der Waals surface area contributed by atoms with Gasteiger partial charge < -0.3 is 9.46 Å². The third-order valence-electron chi connectivity index (χ3n) is 6.26. The van der Waals surface area contributed by atoms with Crippen LogP contribution in [0.4, 0.5) is 10.2 Å². The van der Waals surface area contributed by atoms with E-state index in [0.717, 1.165) is 22.5 Å². The zero-order valence-electron chi connectivity index (χ0n) is 18.3. The van der Waals surface area contributed by atoms with Crippen LogP contribution in [0.3, 0.4) is 0 Å². The van der Waals surface area contributed by atoms with E-state index in [9.17, 15) is 13.8 Å². The monoisotopic (exact) mass is 462 g/mol. The van der Waals surface area contributed by atoms with Crippen molar-refractivity contribution >= 4 is 29.0 Å². The Morgan fingerprint density at radius 1 is 1.03 bits per heavy atom. The fourth-order valence-corrected chi connectivity index (χ4v) is 7.14. The maximum atomic E-state index is 14.9. The van der Waals surface area contributed by atoms with Crippen molar-refractivity contribution in [3.63, 3.8) is 0 Å². The number of H-pyrrole nitrogens is 1. The van der Waals surface area contributed by atoms with Gasteiger partial charge in [0.05, 0.1) is 11.1 Å². The molecule has 1 aliphatic rings. The Hall–Kier alpha value is -3.31. The third-order valence-corrected chi connectivity index (χ3v) is 9.32. The molecule has 3 heterocycles. The lowest BCUT2D eigenvalue weighted by molar-refractivity contribution is 0.571. The van der Waals surface area contributed by atoms with Gasteiger partial charge in [-0.3, -0.25) is 4.79 Å². The predicted octanol–water partition coefficient (Wildman–Crippen LogP) is 3.87. The highest BCUT2D eigenvalue weighted by Crippen LogP contribution is 2.47. The molecular weight excluding hydrogens is 438 g/mol. The standard InChI is InChI=1S/C25H24FN4O2P/c1-17-5-4-8-24(27-17)30-11-13-33(32,14-12-30)23-16-18(9-10-21(23)26)15-22-19-6-2-3-7-20(19)25(31)29-28-22/h2-10,16H,11-15H2,1H3,(H,29,31). The first kappa shape index (κ1) is 21.5. The van der Waals surface area contributed by atoms with Gasteiger partial charge in [-0.2, -0.15) is 5.10 Å².